The van der Waals surface area contributed by atoms with Gasteiger partial charge < -0.3 is 9.94 Å². The Kier molecular flexibility index (Phi) is 2.39. The van der Waals surface area contributed by atoms with Crippen LogP contribution >= 0.6 is 0 Å². The largest absolute Gasteiger partial charge is 0.508 e. The van der Waals surface area contributed by atoms with Gasteiger partial charge in [-0.25, -0.2) is 0 Å². The van der Waals surface area contributed by atoms with Crippen LogP contribution in [0.1, 0.15) is 24.0 Å². The van der Waals surface area contributed by atoms with E-state index < -0.39 is 0 Å². The molecule has 1 N–H and O–H groups in total. The van der Waals surface area contributed by atoms with E-state index in [1.165, 1.54) is 0 Å². The number of oxime groups is 1. The third-order valence-electron chi connectivity index (χ3n) is 2.50. The zero-order chi connectivity index (χ0) is 9.97. The Labute approximate surface area is 83.0 Å². The normalized spacial score (nSPS) is 17.9. The van der Waals surface area contributed by atoms with Crippen LogP contribution in [0.2, 0.25) is 0 Å². The summed E-state index contributed by atoms with van der Waals surface area (Å²) in [6.45, 7) is 0. The summed E-state index contributed by atoms with van der Waals surface area (Å²) in [6, 6.07) is 5.53. The van der Waals surface area contributed by atoms with E-state index in [1.54, 1.807) is 13.2 Å². The van der Waals surface area contributed by atoms with Crippen molar-refractivity contribution < 1.29 is 9.94 Å². The van der Waals surface area contributed by atoms with Gasteiger partial charge in [-0.3, -0.25) is 0 Å². The molecule has 1 aliphatic rings. The molecule has 0 aromatic heterocycles. The molecule has 0 saturated carbocycles. The third kappa shape index (κ3) is 1.45. The van der Waals surface area contributed by atoms with Crippen molar-refractivity contribution in [2.45, 2.75) is 19.3 Å². The second-order valence-corrected chi connectivity index (χ2v) is 3.38. The number of benzene rings is 1. The molecular formula is C11H13NO2. The van der Waals surface area contributed by atoms with E-state index in [0.29, 0.717) is 5.75 Å². The van der Waals surface area contributed by atoms with Gasteiger partial charge in [0.1, 0.15) is 12.9 Å². The molecule has 14 heavy (non-hydrogen) atoms. The Hall–Kier alpha value is -1.51. The maximum atomic E-state index is 9.65. The van der Waals surface area contributed by atoms with Gasteiger partial charge in [0.05, 0.1) is 5.71 Å². The Morgan fingerprint density at radius 3 is 3.00 bits per heavy atom. The highest BCUT2D eigenvalue weighted by Crippen LogP contribution is 2.28. The number of nitrogens with zero attached hydrogens (tertiary/aromatic N) is 1. The van der Waals surface area contributed by atoms with Crippen molar-refractivity contribution >= 4 is 5.71 Å². The first-order chi connectivity index (χ1) is 6.83. The van der Waals surface area contributed by atoms with Gasteiger partial charge in [-0.05, 0) is 25.3 Å². The topological polar surface area (TPSA) is 41.8 Å². The van der Waals surface area contributed by atoms with Crippen molar-refractivity contribution in [1.29, 1.82) is 0 Å². The van der Waals surface area contributed by atoms with Gasteiger partial charge in [-0.1, -0.05) is 17.3 Å². The average Bonchev–Trinajstić information content (AvgIpc) is 2.20. The monoisotopic (exact) mass is 191 g/mol. The summed E-state index contributed by atoms with van der Waals surface area (Å²) in [5.41, 5.74) is 2.96. The molecule has 0 heterocycles. The maximum Gasteiger partial charge on any atom is 0.119 e. The second-order valence-electron chi connectivity index (χ2n) is 3.38. The first kappa shape index (κ1) is 9.06. The van der Waals surface area contributed by atoms with E-state index in [2.05, 4.69) is 5.16 Å². The smallest absolute Gasteiger partial charge is 0.119 e. The Morgan fingerprint density at radius 1 is 1.36 bits per heavy atom. The van der Waals surface area contributed by atoms with Crippen molar-refractivity contribution in [2.24, 2.45) is 5.16 Å². The van der Waals surface area contributed by atoms with Gasteiger partial charge in [0.15, 0.2) is 0 Å². The van der Waals surface area contributed by atoms with Crippen molar-refractivity contribution in [3.63, 3.8) is 0 Å². The number of aromatic hydroxyl groups is 1. The molecule has 0 saturated heterocycles. The van der Waals surface area contributed by atoms with E-state index in [0.717, 1.165) is 36.1 Å². The van der Waals surface area contributed by atoms with Crippen LogP contribution in [0.15, 0.2) is 23.4 Å². The van der Waals surface area contributed by atoms with Crippen LogP contribution in [0.4, 0.5) is 0 Å². The molecule has 2 rings (SSSR count). The van der Waals surface area contributed by atoms with E-state index >= 15 is 0 Å². The predicted octanol–water partition coefficient (Wildman–Crippen LogP) is 2.08. The fraction of sp³-hybridized carbons (Fsp3) is 0.364. The minimum atomic E-state index is 0.367. The fourth-order valence-corrected chi connectivity index (χ4v) is 1.88. The molecule has 0 bridgehead atoms. The molecule has 3 nitrogen and oxygen atoms in total. The first-order valence-corrected chi connectivity index (χ1v) is 4.74. The first-order valence-electron chi connectivity index (χ1n) is 4.74. The summed E-state index contributed by atoms with van der Waals surface area (Å²) in [5.74, 6) is 0.367. The van der Waals surface area contributed by atoms with Crippen LogP contribution in [-0.2, 0) is 11.3 Å². The zero-order valence-corrected chi connectivity index (χ0v) is 8.16. The molecule has 0 aliphatic heterocycles. The second kappa shape index (κ2) is 3.70. The quantitative estimate of drug-likeness (QED) is 0.690. The standard InChI is InChI=1S/C11H13NO2/c1-14-12-10-6-2-5-9-8(10)4-3-7-11(9)13/h3-4,7,13H,2,5-6H2,1H3/b12-10+. The lowest BCUT2D eigenvalue weighted by atomic mass is 9.89. The molecule has 0 atom stereocenters. The third-order valence-corrected chi connectivity index (χ3v) is 2.50. The summed E-state index contributed by atoms with van der Waals surface area (Å²) in [5, 5.41) is 13.6. The Bertz CT molecular complexity index is 372. The van der Waals surface area contributed by atoms with E-state index in [9.17, 15) is 5.11 Å². The number of hydrogen-bond acceptors (Lipinski definition) is 3. The number of fused-ring (bicyclic) bond motifs is 1. The number of rotatable bonds is 1. The minimum Gasteiger partial charge on any atom is -0.508 e. The van der Waals surface area contributed by atoms with Crippen molar-refractivity contribution in [1.82, 2.24) is 0 Å². The van der Waals surface area contributed by atoms with Gasteiger partial charge >= 0.3 is 0 Å². The van der Waals surface area contributed by atoms with Crippen molar-refractivity contribution in [3.05, 3.63) is 29.3 Å². The lowest BCUT2D eigenvalue weighted by Gasteiger charge is -2.17. The molecule has 0 unspecified atom stereocenters. The lowest BCUT2D eigenvalue weighted by molar-refractivity contribution is 0.212. The molecule has 0 spiro atoms. The average molecular weight is 191 g/mol. The summed E-state index contributed by atoms with van der Waals surface area (Å²) in [6.07, 6.45) is 2.86. The SMILES string of the molecule is CO/N=C1\CCCc2c(O)cccc21. The summed E-state index contributed by atoms with van der Waals surface area (Å²) in [7, 11) is 1.55. The van der Waals surface area contributed by atoms with Crippen molar-refractivity contribution in [3.8, 4) is 5.75 Å². The van der Waals surface area contributed by atoms with Crippen LogP contribution < -0.4 is 0 Å². The summed E-state index contributed by atoms with van der Waals surface area (Å²) < 4.78 is 0. The molecule has 1 aliphatic carbocycles. The van der Waals surface area contributed by atoms with Crippen molar-refractivity contribution in [2.75, 3.05) is 7.11 Å². The maximum absolute atomic E-state index is 9.65. The Morgan fingerprint density at radius 2 is 2.21 bits per heavy atom. The minimum absolute atomic E-state index is 0.367. The van der Waals surface area contributed by atoms with E-state index in [4.69, 9.17) is 4.84 Å². The molecule has 1 aromatic rings. The predicted molar refractivity (Wildman–Crippen MR) is 54.6 cm³/mol. The van der Waals surface area contributed by atoms with Gasteiger partial charge in [0.25, 0.3) is 0 Å². The highest BCUT2D eigenvalue weighted by atomic mass is 16.6. The van der Waals surface area contributed by atoms with Crippen LogP contribution in [0.3, 0.4) is 0 Å². The summed E-state index contributed by atoms with van der Waals surface area (Å²) >= 11 is 0. The molecule has 0 amide bonds. The summed E-state index contributed by atoms with van der Waals surface area (Å²) in [4.78, 5) is 4.78. The zero-order valence-electron chi connectivity index (χ0n) is 8.16. The van der Waals surface area contributed by atoms with Gasteiger partial charge in [0.2, 0.25) is 0 Å². The molecule has 74 valence electrons. The highest BCUT2D eigenvalue weighted by molar-refractivity contribution is 6.02. The molecule has 0 fully saturated rings. The lowest BCUT2D eigenvalue weighted by Crippen LogP contribution is -2.12. The van der Waals surface area contributed by atoms with E-state index in [1.807, 2.05) is 12.1 Å². The number of phenolic OH excluding ortho intramolecular Hbond substituents is 1. The van der Waals surface area contributed by atoms with Gasteiger partial charge in [0, 0.05) is 11.1 Å². The van der Waals surface area contributed by atoms with Crippen LogP contribution in [0, 0.1) is 0 Å². The number of hydrogen-bond donors (Lipinski definition) is 1. The van der Waals surface area contributed by atoms with Crippen LogP contribution in [0.25, 0.3) is 0 Å². The van der Waals surface area contributed by atoms with Crippen LogP contribution in [-0.4, -0.2) is 17.9 Å². The highest BCUT2D eigenvalue weighted by Gasteiger charge is 2.18. The Balaban J connectivity index is 2.50. The number of phenols is 1. The molecule has 3 heteroatoms. The fourth-order valence-electron chi connectivity index (χ4n) is 1.88. The van der Waals surface area contributed by atoms with Gasteiger partial charge in [-0.2, -0.15) is 0 Å². The van der Waals surface area contributed by atoms with Crippen LogP contribution in [0.5, 0.6) is 5.75 Å². The molecular weight excluding hydrogens is 178 g/mol. The van der Waals surface area contributed by atoms with E-state index in [-0.39, 0.29) is 0 Å². The molecule has 0 radical (unpaired) electrons. The van der Waals surface area contributed by atoms with Gasteiger partial charge in [-0.15, -0.1) is 0 Å². The molecule has 1 aromatic carbocycles.